The molecule has 2 atom stereocenters. The Labute approximate surface area is 136 Å². The van der Waals surface area contributed by atoms with Gasteiger partial charge >= 0.3 is 6.09 Å². The number of hydrogen-bond acceptors (Lipinski definition) is 2. The normalized spacial score (nSPS) is 26.1. The number of ether oxygens (including phenoxy) is 1. The van der Waals surface area contributed by atoms with Crippen LogP contribution in [0.2, 0.25) is 0 Å². The van der Waals surface area contributed by atoms with E-state index in [-0.39, 0.29) is 17.6 Å². The number of rotatable bonds is 1. The Hall–Kier alpha value is -1.97. The summed E-state index contributed by atoms with van der Waals surface area (Å²) in [6, 6.07) is 11.1. The fourth-order valence-electron chi connectivity index (χ4n) is 3.88. The van der Waals surface area contributed by atoms with Crippen LogP contribution >= 0.6 is 0 Å². The number of nitrogens with one attached hydrogen (secondary N) is 1. The predicted octanol–water partition coefficient (Wildman–Crippen LogP) is 3.87. The van der Waals surface area contributed by atoms with Crippen LogP contribution in [0, 0.1) is 5.41 Å². The molecule has 0 radical (unpaired) electrons. The van der Waals surface area contributed by atoms with E-state index >= 15 is 0 Å². The molecule has 1 aromatic carbocycles. The van der Waals surface area contributed by atoms with Crippen LogP contribution in [-0.2, 0) is 17.7 Å². The van der Waals surface area contributed by atoms with Gasteiger partial charge in [-0.15, -0.1) is 0 Å². The molecule has 1 N–H and O–H groups in total. The minimum Gasteiger partial charge on any atom is -0.444 e. The van der Waals surface area contributed by atoms with Crippen molar-refractivity contribution in [2.45, 2.75) is 58.2 Å². The summed E-state index contributed by atoms with van der Waals surface area (Å²) in [6.07, 6.45) is 2.99. The first-order chi connectivity index (χ1) is 10.9. The molecule has 4 nitrogen and oxygen atoms in total. The third-order valence-corrected chi connectivity index (χ3v) is 5.13. The first kappa shape index (κ1) is 14.6. The van der Waals surface area contributed by atoms with E-state index in [0.29, 0.717) is 0 Å². The van der Waals surface area contributed by atoms with Gasteiger partial charge in [-0.3, -0.25) is 0 Å². The van der Waals surface area contributed by atoms with Crippen LogP contribution in [0.4, 0.5) is 4.79 Å². The highest BCUT2D eigenvalue weighted by atomic mass is 16.6. The van der Waals surface area contributed by atoms with Crippen molar-refractivity contribution in [2.24, 2.45) is 5.41 Å². The summed E-state index contributed by atoms with van der Waals surface area (Å²) in [4.78, 5) is 12.0. The third kappa shape index (κ3) is 2.60. The van der Waals surface area contributed by atoms with Crippen molar-refractivity contribution >= 4 is 17.0 Å². The Morgan fingerprint density at radius 1 is 1.35 bits per heavy atom. The molecule has 1 fully saturated rings. The molecule has 0 saturated heterocycles. The molecule has 1 spiro atoms. The highest BCUT2D eigenvalue weighted by Gasteiger charge is 2.56. The van der Waals surface area contributed by atoms with E-state index < -0.39 is 5.60 Å². The van der Waals surface area contributed by atoms with Crippen molar-refractivity contribution in [2.75, 3.05) is 0 Å². The number of carbonyl (C=O) groups is 1. The van der Waals surface area contributed by atoms with Gasteiger partial charge in [0.1, 0.15) is 5.60 Å². The molecule has 2 aromatic rings. The Morgan fingerprint density at radius 3 is 2.91 bits per heavy atom. The maximum atomic E-state index is 12.0. The van der Waals surface area contributed by atoms with Crippen molar-refractivity contribution < 1.29 is 9.53 Å². The molecule has 0 bridgehead atoms. The highest BCUT2D eigenvalue weighted by molar-refractivity contribution is 5.81. The fraction of sp³-hybridized carbons (Fsp3) is 0.526. The lowest BCUT2D eigenvalue weighted by Gasteiger charge is -2.27. The zero-order chi connectivity index (χ0) is 16.2. The molecule has 122 valence electrons. The monoisotopic (exact) mass is 312 g/mol. The zero-order valence-corrected chi connectivity index (χ0v) is 14.1. The van der Waals surface area contributed by atoms with Crippen LogP contribution < -0.4 is 5.32 Å². The molecular formula is C19H24N2O2. The number of amides is 1. The van der Waals surface area contributed by atoms with Crippen LogP contribution in [0.5, 0.6) is 0 Å². The topological polar surface area (TPSA) is 43.3 Å². The number of nitrogens with zero attached hydrogens (tertiary/aromatic N) is 1. The number of benzene rings is 1. The summed E-state index contributed by atoms with van der Waals surface area (Å²) in [7, 11) is 0. The Morgan fingerprint density at radius 2 is 2.13 bits per heavy atom. The van der Waals surface area contributed by atoms with Crippen molar-refractivity contribution in [1.29, 1.82) is 0 Å². The molecule has 2 aliphatic rings. The molecule has 23 heavy (non-hydrogen) atoms. The molecule has 1 saturated carbocycles. The predicted molar refractivity (Wildman–Crippen MR) is 90.5 cm³/mol. The zero-order valence-electron chi connectivity index (χ0n) is 14.1. The van der Waals surface area contributed by atoms with Crippen LogP contribution in [-0.4, -0.2) is 22.3 Å². The fourth-order valence-corrected chi connectivity index (χ4v) is 3.88. The van der Waals surface area contributed by atoms with Gasteiger partial charge in [0.25, 0.3) is 0 Å². The van der Waals surface area contributed by atoms with Gasteiger partial charge in [0.05, 0.1) is 0 Å². The van der Waals surface area contributed by atoms with Crippen LogP contribution in [0.15, 0.2) is 30.3 Å². The first-order valence-electron chi connectivity index (χ1n) is 8.43. The Bertz CT molecular complexity index is 771. The summed E-state index contributed by atoms with van der Waals surface area (Å²) < 4.78 is 7.83. The molecule has 1 amide bonds. The van der Waals surface area contributed by atoms with Crippen molar-refractivity contribution in [3.63, 3.8) is 0 Å². The summed E-state index contributed by atoms with van der Waals surface area (Å²) in [5.41, 5.74) is 2.50. The van der Waals surface area contributed by atoms with Gasteiger partial charge in [0, 0.05) is 29.2 Å². The maximum Gasteiger partial charge on any atom is 0.407 e. The lowest BCUT2D eigenvalue weighted by Crippen LogP contribution is -2.37. The Balaban J connectivity index is 1.50. The van der Waals surface area contributed by atoms with Gasteiger partial charge in [0.2, 0.25) is 0 Å². The molecule has 4 rings (SSSR count). The van der Waals surface area contributed by atoms with Crippen LogP contribution in [0.3, 0.4) is 0 Å². The van der Waals surface area contributed by atoms with Gasteiger partial charge in [-0.2, -0.15) is 0 Å². The first-order valence-corrected chi connectivity index (χ1v) is 8.43. The molecule has 2 unspecified atom stereocenters. The number of fused-ring (bicyclic) bond motifs is 3. The summed E-state index contributed by atoms with van der Waals surface area (Å²) in [6.45, 7) is 6.69. The summed E-state index contributed by atoms with van der Waals surface area (Å²) in [5.74, 6) is 0. The van der Waals surface area contributed by atoms with E-state index in [1.165, 1.54) is 16.6 Å². The van der Waals surface area contributed by atoms with Gasteiger partial charge in [-0.05, 0) is 57.6 Å². The number of aromatic nitrogens is 1. The second-order valence-corrected chi connectivity index (χ2v) is 8.05. The molecule has 2 heterocycles. The summed E-state index contributed by atoms with van der Waals surface area (Å²) in [5, 5.41) is 4.38. The molecule has 1 aliphatic carbocycles. The number of aryl methyl sites for hydroxylation is 1. The number of hydrogen-bond donors (Lipinski definition) is 1. The van der Waals surface area contributed by atoms with E-state index in [1.54, 1.807) is 0 Å². The molecule has 1 aromatic heterocycles. The number of carbonyl (C=O) groups excluding carboxylic acids is 1. The molecule has 4 heteroatoms. The average Bonchev–Trinajstić information content (AvgIpc) is 2.96. The van der Waals surface area contributed by atoms with Crippen LogP contribution in [0.25, 0.3) is 10.9 Å². The molecule has 1 aliphatic heterocycles. The standard InChI is InChI=1S/C19H24N2O2/c1-18(2,3)23-17(22)20-16-11-19(16)9-8-14-10-13-6-4-5-7-15(13)21(14)12-19/h4-7,10,16H,8-9,11-12H2,1-3H3,(H,20,22). The van der Waals surface area contributed by atoms with Crippen molar-refractivity contribution in [1.82, 2.24) is 9.88 Å². The summed E-state index contributed by atoms with van der Waals surface area (Å²) >= 11 is 0. The number of para-hydroxylation sites is 1. The Kier molecular flexibility index (Phi) is 3.03. The second-order valence-electron chi connectivity index (χ2n) is 8.05. The number of alkyl carbamates (subject to hydrolysis) is 1. The third-order valence-electron chi connectivity index (χ3n) is 5.13. The highest BCUT2D eigenvalue weighted by Crippen LogP contribution is 2.54. The van der Waals surface area contributed by atoms with Gasteiger partial charge in [-0.1, -0.05) is 18.2 Å². The lowest BCUT2D eigenvalue weighted by molar-refractivity contribution is 0.0513. The lowest BCUT2D eigenvalue weighted by atomic mass is 9.94. The van der Waals surface area contributed by atoms with E-state index in [2.05, 4.69) is 40.2 Å². The second kappa shape index (κ2) is 4.76. The van der Waals surface area contributed by atoms with Gasteiger partial charge in [-0.25, -0.2) is 4.79 Å². The van der Waals surface area contributed by atoms with E-state index in [4.69, 9.17) is 4.74 Å². The van der Waals surface area contributed by atoms with E-state index in [0.717, 1.165) is 25.8 Å². The largest absolute Gasteiger partial charge is 0.444 e. The smallest absolute Gasteiger partial charge is 0.407 e. The van der Waals surface area contributed by atoms with E-state index in [1.807, 2.05) is 20.8 Å². The minimum absolute atomic E-state index is 0.214. The molecular weight excluding hydrogens is 288 g/mol. The quantitative estimate of drug-likeness (QED) is 0.868. The SMILES string of the molecule is CC(C)(C)OC(=O)NC1CC12CCc1cc3ccccc3n1C2. The minimum atomic E-state index is -0.442. The van der Waals surface area contributed by atoms with E-state index in [9.17, 15) is 4.79 Å². The maximum absolute atomic E-state index is 12.0. The van der Waals surface area contributed by atoms with Gasteiger partial charge < -0.3 is 14.6 Å². The van der Waals surface area contributed by atoms with Gasteiger partial charge in [0.15, 0.2) is 0 Å². The van der Waals surface area contributed by atoms with Crippen molar-refractivity contribution in [3.8, 4) is 0 Å². The van der Waals surface area contributed by atoms with Crippen LogP contribution in [0.1, 0.15) is 39.3 Å². The van der Waals surface area contributed by atoms with Crippen molar-refractivity contribution in [3.05, 3.63) is 36.0 Å². The average molecular weight is 312 g/mol.